The Kier molecular flexibility index (Phi) is 98.2. The summed E-state index contributed by atoms with van der Waals surface area (Å²) in [6, 6.07) is 63.4. The molecule has 0 aliphatic rings. The second-order valence-corrected chi connectivity index (χ2v) is 36.2. The second-order valence-electron chi connectivity index (χ2n) is 26.6. The molecule has 0 amide bonds. The third-order valence-electron chi connectivity index (χ3n) is 21.5. The smallest absolute Gasteiger partial charge is 0.0901 e. The van der Waals surface area contributed by atoms with Crippen molar-refractivity contribution in [2.75, 3.05) is 12.5 Å². The maximum Gasteiger partial charge on any atom is 0.172 e. The van der Waals surface area contributed by atoms with Crippen molar-refractivity contribution in [2.45, 2.75) is 413 Å². The Hall–Kier alpha value is -4.99. The molecule has 726 valence electrons. The van der Waals surface area contributed by atoms with E-state index in [1.54, 1.807) is 33.6 Å². The number of rotatable bonds is 11. The van der Waals surface area contributed by atoms with Gasteiger partial charge in [-0.15, -0.1) is 0 Å². The molecule has 128 heavy (non-hydrogen) atoms. The zero-order chi connectivity index (χ0) is 98.1. The van der Waals surface area contributed by atoms with Crippen LogP contribution in [0.1, 0.15) is 335 Å². The van der Waals surface area contributed by atoms with Gasteiger partial charge in [-0.05, 0) is 227 Å². The Balaban J connectivity index is -0.000000143. The van der Waals surface area contributed by atoms with E-state index in [-0.39, 0.29) is 83.6 Å². The molecule has 0 fully saturated rings. The van der Waals surface area contributed by atoms with Gasteiger partial charge in [-0.3, -0.25) is 0 Å². The summed E-state index contributed by atoms with van der Waals surface area (Å²) in [7, 11) is 0.236. The van der Waals surface area contributed by atoms with Gasteiger partial charge >= 0.3 is 153 Å². The van der Waals surface area contributed by atoms with Crippen LogP contribution in [0.4, 0.5) is 0 Å². The molecule has 0 unspecified atom stereocenters. The summed E-state index contributed by atoms with van der Waals surface area (Å²) in [5.74, 6) is 0. The summed E-state index contributed by atoms with van der Waals surface area (Å²) in [6.45, 7) is 106. The van der Waals surface area contributed by atoms with Crippen LogP contribution in [0.2, 0.25) is 0 Å². The summed E-state index contributed by atoms with van der Waals surface area (Å²) >= 11 is 5.88. The maximum atomic E-state index is 2.36. The minimum Gasteiger partial charge on any atom is -0.0901 e. The molecular formula is C121H199I3S4+2. The molecular weight excluding hydrogens is 1960 g/mol. The van der Waals surface area contributed by atoms with Crippen LogP contribution in [0.25, 0.3) is 0 Å². The molecule has 0 bridgehead atoms. The van der Waals surface area contributed by atoms with Gasteiger partial charge in [0.05, 0.1) is 21.8 Å². The topological polar surface area (TPSA) is 0 Å². The van der Waals surface area contributed by atoms with E-state index in [1.807, 2.05) is 178 Å². The number of halogens is 3. The van der Waals surface area contributed by atoms with E-state index in [0.29, 0.717) is 0 Å². The fourth-order valence-electron chi connectivity index (χ4n) is 12.8. The average Bonchev–Trinajstić information content (AvgIpc) is 0.729. The third kappa shape index (κ3) is 44.0. The largest absolute Gasteiger partial charge is 0.172 e. The standard InChI is InChI=1S/C33H45S.C22H30I.2C13H13S.C12H10S.12C2H6.4CH4.I2/c1-16-19(4)25(10)31(26(11)20(16)5)34(32-27(12)21(6)17(2)22(7)28(32)13)33-29(14)23(8)18(3)24(9)30(33)15;1-11-13(3)17(7)21(18(8)14(11)4)23-22-19(9)15(5)12(2)16(6)20(22)10;2*1-14(12-8-4-2-5-9-12)13-10-6-3-7-11-13;1-3-7-11(8-4-1)13-12-9-5-2-6-10-12;12*1-2;;;;;1-2/h1-15H3;1-10H3;2*2-11H,1H3;1-10H;12*1-2H3;4*1H4;/q+1;-1;2*+1;;;;;;;;;;;;;;;;;;. The summed E-state index contributed by atoms with van der Waals surface area (Å²) < 4.78 is 3.27. The molecule has 11 rings (SSSR count). The predicted octanol–water partition coefficient (Wildman–Crippen LogP) is 39.5. The maximum absolute atomic E-state index is 2.36. The second kappa shape index (κ2) is 86.1. The summed E-state index contributed by atoms with van der Waals surface area (Å²) in [5, 5.41) is 0. The molecule has 0 atom stereocenters. The van der Waals surface area contributed by atoms with E-state index in [4.69, 9.17) is 0 Å². The van der Waals surface area contributed by atoms with Crippen LogP contribution in [0.15, 0.2) is 226 Å². The van der Waals surface area contributed by atoms with Gasteiger partial charge in [0.2, 0.25) is 0 Å². The van der Waals surface area contributed by atoms with E-state index in [0.717, 1.165) is 0 Å². The Morgan fingerprint density at radius 3 is 0.438 bits per heavy atom. The number of benzene rings is 11. The average molecular weight is 2160 g/mol. The van der Waals surface area contributed by atoms with Crippen molar-refractivity contribution < 1.29 is 21.2 Å². The van der Waals surface area contributed by atoms with Crippen LogP contribution in [0, 0.1) is 180 Å². The first-order valence-corrected chi connectivity index (χ1v) is 60.4. The molecule has 7 heteroatoms. The molecule has 0 radical (unpaired) electrons. The van der Waals surface area contributed by atoms with Gasteiger partial charge in [-0.2, -0.15) is 0 Å². The van der Waals surface area contributed by atoms with E-state index in [1.165, 1.54) is 168 Å². The molecule has 0 saturated heterocycles. The van der Waals surface area contributed by atoms with Crippen molar-refractivity contribution in [3.05, 3.63) is 328 Å². The van der Waals surface area contributed by atoms with Gasteiger partial charge in [0.25, 0.3) is 0 Å². The van der Waals surface area contributed by atoms with Crippen LogP contribution < -0.4 is 21.2 Å². The van der Waals surface area contributed by atoms with Crippen LogP contribution in [0.3, 0.4) is 0 Å². The summed E-state index contributed by atoms with van der Waals surface area (Å²) in [4.78, 5) is 12.8. The molecule has 0 aromatic heterocycles. The van der Waals surface area contributed by atoms with Crippen LogP contribution in [-0.2, 0) is 32.7 Å². The van der Waals surface area contributed by atoms with Crippen molar-refractivity contribution in [2.24, 2.45) is 0 Å². The first kappa shape index (κ1) is 146. The summed E-state index contributed by atoms with van der Waals surface area (Å²) in [6.07, 6.45) is 4.54. The molecule has 11 aromatic carbocycles. The Bertz CT molecular complexity index is 3970. The van der Waals surface area contributed by atoms with Crippen molar-refractivity contribution in [1.82, 2.24) is 0 Å². The quantitative estimate of drug-likeness (QED) is 0.0919. The van der Waals surface area contributed by atoms with E-state index in [2.05, 4.69) is 393 Å². The van der Waals surface area contributed by atoms with Gasteiger partial charge in [0.1, 0.15) is 23.4 Å². The first-order chi connectivity index (χ1) is 59.5. The molecule has 0 nitrogen and oxygen atoms in total. The summed E-state index contributed by atoms with van der Waals surface area (Å²) in [5.41, 5.74) is 36.8. The van der Waals surface area contributed by atoms with E-state index < -0.39 is 0 Å². The molecule has 0 N–H and O–H groups in total. The molecule has 0 aliphatic carbocycles. The SMILES string of the molecule is C.C.C.C.CC.CC.CC.CC.CC.CC.CC.CC.CC.CC.CC.CC.C[S+](c1ccccc1)c1ccccc1.C[S+](c1ccccc1)c1ccccc1.Cc1c(C)c(C)c([I-]c2c(C)c(C)c(C)c(C)c2C)c(C)c1C.Cc1c(C)c(C)c([S+](c2c(C)c(C)c(C)c(C)c2C)c2c(C)c(C)c(C)c(C)c2C)c(C)c1C.II.c1ccc(Sc2ccccc2)cc1. The number of hydrogen-bond donors (Lipinski definition) is 0. The van der Waals surface area contributed by atoms with Crippen molar-refractivity contribution in [3.63, 3.8) is 0 Å². The predicted molar refractivity (Wildman–Crippen MR) is 624 cm³/mol. The minimum absolute atomic E-state index is 0. The van der Waals surface area contributed by atoms with Gasteiger partial charge in [0.15, 0.2) is 34.3 Å². The van der Waals surface area contributed by atoms with Crippen LogP contribution in [0.5, 0.6) is 0 Å². The molecule has 0 saturated carbocycles. The third-order valence-corrected chi connectivity index (χ3v) is 33.8. The van der Waals surface area contributed by atoms with Crippen LogP contribution >= 0.6 is 49.0 Å². The molecule has 0 heterocycles. The zero-order valence-electron chi connectivity index (χ0n) is 89.1. The number of hydrogen-bond acceptors (Lipinski definition) is 1. The van der Waals surface area contributed by atoms with E-state index in [9.17, 15) is 0 Å². The fourth-order valence-corrected chi connectivity index (χ4v) is 23.6. The Labute approximate surface area is 848 Å². The van der Waals surface area contributed by atoms with Gasteiger partial charge in [-0.1, -0.05) is 317 Å². The van der Waals surface area contributed by atoms with Crippen molar-refractivity contribution >= 4 is 81.7 Å². The Morgan fingerprint density at radius 1 is 0.180 bits per heavy atom. The molecule has 0 aliphatic heterocycles. The van der Waals surface area contributed by atoms with Crippen molar-refractivity contribution in [1.29, 1.82) is 0 Å². The van der Waals surface area contributed by atoms with Crippen molar-refractivity contribution in [3.8, 4) is 0 Å². The van der Waals surface area contributed by atoms with Gasteiger partial charge in [0, 0.05) is 80.4 Å². The van der Waals surface area contributed by atoms with Gasteiger partial charge < -0.3 is 0 Å². The molecule has 11 aromatic rings. The van der Waals surface area contributed by atoms with Gasteiger partial charge in [-0.25, -0.2) is 0 Å². The normalized spacial score (nSPS) is 9.03. The van der Waals surface area contributed by atoms with E-state index >= 15 is 0 Å². The fraction of sp³-hybridized carbons (Fsp3) is 0.455. The zero-order valence-corrected chi connectivity index (χ0v) is 98.8. The molecule has 0 spiro atoms. The monoisotopic (exact) mass is 2160 g/mol. The Morgan fingerprint density at radius 2 is 0.297 bits per heavy atom. The first-order valence-electron chi connectivity index (χ1n) is 46.6. The minimum atomic E-state index is -0.171. The van der Waals surface area contributed by atoms with Crippen LogP contribution in [-0.4, -0.2) is 12.5 Å².